The van der Waals surface area contributed by atoms with E-state index in [1.165, 1.54) is 11.0 Å². The molecular formula is C38H50N6O9S. The third kappa shape index (κ3) is 7.71. The summed E-state index contributed by atoms with van der Waals surface area (Å²) in [6, 6.07) is 3.18. The van der Waals surface area contributed by atoms with Crippen molar-refractivity contribution >= 4 is 44.9 Å². The zero-order valence-corrected chi connectivity index (χ0v) is 32.1. The van der Waals surface area contributed by atoms with Gasteiger partial charge in [0.15, 0.2) is 0 Å². The van der Waals surface area contributed by atoms with Crippen LogP contribution in [0.3, 0.4) is 0 Å². The second-order valence-electron chi connectivity index (χ2n) is 16.6. The number of aryl methyl sites for hydroxylation is 1. The van der Waals surface area contributed by atoms with E-state index in [1.54, 1.807) is 13.2 Å². The van der Waals surface area contributed by atoms with Crippen LogP contribution in [-0.2, 0) is 35.6 Å². The maximum Gasteiger partial charge on any atom is 0.408 e. The highest BCUT2D eigenvalue weighted by atomic mass is 32.2. The van der Waals surface area contributed by atoms with Gasteiger partial charge in [0, 0.05) is 18.4 Å². The monoisotopic (exact) mass is 766 g/mol. The number of nitrogens with zero attached hydrogens (tertiary/aromatic N) is 3. The van der Waals surface area contributed by atoms with Crippen molar-refractivity contribution in [2.45, 2.75) is 126 Å². The molecule has 5 aliphatic rings. The number of nitrogens with one attached hydrogen (secondary N) is 3. The van der Waals surface area contributed by atoms with Crippen molar-refractivity contribution in [2.24, 2.45) is 11.3 Å². The molecule has 1 saturated heterocycles. The lowest BCUT2D eigenvalue weighted by molar-refractivity contribution is -0.143. The highest BCUT2D eigenvalue weighted by molar-refractivity contribution is 7.91. The fourth-order valence-corrected chi connectivity index (χ4v) is 8.97. The summed E-state index contributed by atoms with van der Waals surface area (Å²) in [4.78, 5) is 67.1. The first kappa shape index (κ1) is 37.8. The van der Waals surface area contributed by atoms with Crippen LogP contribution in [0.25, 0.3) is 11.0 Å². The summed E-state index contributed by atoms with van der Waals surface area (Å²) >= 11 is 0. The lowest BCUT2D eigenvalue weighted by Crippen LogP contribution is -2.60. The number of fused-ring (bicyclic) bond motifs is 4. The number of carbonyl (C=O) groups is 4. The summed E-state index contributed by atoms with van der Waals surface area (Å²) in [6.07, 6.45) is 6.41. The van der Waals surface area contributed by atoms with Crippen molar-refractivity contribution in [2.75, 3.05) is 13.7 Å². The summed E-state index contributed by atoms with van der Waals surface area (Å²) in [6.45, 7) is 9.19. The maximum absolute atomic E-state index is 14.6. The van der Waals surface area contributed by atoms with Gasteiger partial charge in [-0.1, -0.05) is 33.3 Å². The number of carbonyl (C=O) groups excluding carboxylic acids is 4. The number of rotatable bonds is 7. The summed E-state index contributed by atoms with van der Waals surface area (Å²) < 4.78 is 45.6. The van der Waals surface area contributed by atoms with Gasteiger partial charge in [-0.2, -0.15) is 0 Å². The first-order valence-electron chi connectivity index (χ1n) is 18.9. The van der Waals surface area contributed by atoms with E-state index < -0.39 is 79.7 Å². The van der Waals surface area contributed by atoms with Crippen molar-refractivity contribution in [1.82, 2.24) is 30.2 Å². The van der Waals surface area contributed by atoms with Gasteiger partial charge in [0.1, 0.15) is 40.8 Å². The SMILES string of the molecule is C=CC1C[C@]1(NC(=O)[C@@H]1C[C@@H]2CN1C(=O)[C@H](C(C)(C)C)NC(=O)OC1(CCCCCc3nc4ccc(OC)cc4nc3O2)CC1)C(=O)NS(=O)(=O)C1CC1. The Morgan fingerprint density at radius 1 is 1.09 bits per heavy atom. The van der Waals surface area contributed by atoms with Gasteiger partial charge in [-0.25, -0.2) is 23.2 Å². The molecule has 2 aromatic rings. The Balaban J connectivity index is 1.23. The molecule has 16 heteroatoms. The number of alkyl carbamates (subject to hydrolysis) is 1. The van der Waals surface area contributed by atoms with E-state index in [9.17, 15) is 27.6 Å². The number of amides is 4. The van der Waals surface area contributed by atoms with Crippen LogP contribution in [0.1, 0.15) is 90.7 Å². The Kier molecular flexibility index (Phi) is 9.80. The largest absolute Gasteiger partial charge is 0.497 e. The normalized spacial score (nSPS) is 28.5. The van der Waals surface area contributed by atoms with E-state index in [1.807, 2.05) is 32.9 Å². The highest BCUT2D eigenvalue weighted by Gasteiger charge is 2.62. The average molecular weight is 767 g/mol. The van der Waals surface area contributed by atoms with Gasteiger partial charge in [0.25, 0.3) is 5.91 Å². The third-order valence-corrected chi connectivity index (χ3v) is 13.1. The lowest BCUT2D eigenvalue weighted by Gasteiger charge is -2.35. The molecule has 0 radical (unpaired) electrons. The number of aromatic nitrogens is 2. The number of ether oxygens (including phenoxy) is 3. The molecule has 5 atom stereocenters. The standard InChI is InChI=1S/C38H50N6O9S/c1-6-22-20-38(22,34(47)43-54(49,50)25-12-13-25)42-31(45)29-19-24-21-44(29)33(46)30(36(2,3)4)41-35(48)53-37(16-17-37)15-9-7-8-10-27-32(52-24)40-28-18-23(51-5)11-14-26(28)39-27/h6,11,14,18,22,24-25,29-30H,1,7-10,12-13,15-17,19-21H2,2-5H3,(H,41,48)(H,42,45)(H,43,47)/t22?,24-,29+,30-,38-/m1/s1. The van der Waals surface area contributed by atoms with Crippen LogP contribution >= 0.6 is 0 Å². The van der Waals surface area contributed by atoms with E-state index in [0.717, 1.165) is 32.1 Å². The Labute approximate surface area is 315 Å². The molecule has 54 heavy (non-hydrogen) atoms. The van der Waals surface area contributed by atoms with Crippen LogP contribution < -0.4 is 24.8 Å². The summed E-state index contributed by atoms with van der Waals surface area (Å²) in [5.41, 5.74) is -1.06. The van der Waals surface area contributed by atoms with E-state index in [2.05, 4.69) is 21.9 Å². The predicted molar refractivity (Wildman–Crippen MR) is 197 cm³/mol. The Morgan fingerprint density at radius 3 is 2.50 bits per heavy atom. The van der Waals surface area contributed by atoms with Crippen LogP contribution in [-0.4, -0.2) is 95.3 Å². The molecule has 3 N–H and O–H groups in total. The first-order valence-corrected chi connectivity index (χ1v) is 20.4. The molecule has 292 valence electrons. The maximum atomic E-state index is 14.6. The average Bonchev–Trinajstić information content (AvgIpc) is 4.04. The molecule has 4 fully saturated rings. The van der Waals surface area contributed by atoms with Crippen molar-refractivity contribution < 1.29 is 41.8 Å². The number of benzene rings is 1. The number of methoxy groups -OCH3 is 1. The summed E-state index contributed by atoms with van der Waals surface area (Å²) in [5, 5.41) is 4.99. The van der Waals surface area contributed by atoms with Gasteiger partial charge in [0.2, 0.25) is 27.7 Å². The van der Waals surface area contributed by atoms with Gasteiger partial charge < -0.3 is 29.7 Å². The quantitative estimate of drug-likeness (QED) is 0.350. The van der Waals surface area contributed by atoms with Crippen molar-refractivity contribution in [3.05, 3.63) is 36.5 Å². The molecular weight excluding hydrogens is 717 g/mol. The zero-order chi connectivity index (χ0) is 38.6. The molecule has 1 aromatic heterocycles. The van der Waals surface area contributed by atoms with Crippen LogP contribution in [0.15, 0.2) is 30.9 Å². The molecule has 15 nitrogen and oxygen atoms in total. The van der Waals surface area contributed by atoms with E-state index in [-0.39, 0.29) is 25.3 Å². The van der Waals surface area contributed by atoms with Crippen LogP contribution in [0.5, 0.6) is 11.6 Å². The first-order chi connectivity index (χ1) is 25.6. The van der Waals surface area contributed by atoms with Gasteiger partial charge >= 0.3 is 6.09 Å². The van der Waals surface area contributed by atoms with Crippen LogP contribution in [0.4, 0.5) is 4.79 Å². The molecule has 1 spiro atoms. The molecule has 3 heterocycles. The fourth-order valence-electron chi connectivity index (χ4n) is 7.61. The fraction of sp³-hybridized carbons (Fsp3) is 0.632. The highest BCUT2D eigenvalue weighted by Crippen LogP contribution is 2.46. The molecule has 7 rings (SSSR count). The Hall–Kier alpha value is -4.47. The predicted octanol–water partition coefficient (Wildman–Crippen LogP) is 3.45. The van der Waals surface area contributed by atoms with Gasteiger partial charge in [-0.15, -0.1) is 6.58 Å². The molecule has 4 amide bonds. The number of hydrogen-bond acceptors (Lipinski definition) is 11. The third-order valence-electron chi connectivity index (χ3n) is 11.3. The molecule has 2 aliphatic heterocycles. The Bertz CT molecular complexity index is 1970. The zero-order valence-electron chi connectivity index (χ0n) is 31.3. The van der Waals surface area contributed by atoms with Gasteiger partial charge in [-0.05, 0) is 75.3 Å². The molecule has 1 unspecified atom stereocenters. The van der Waals surface area contributed by atoms with Crippen molar-refractivity contribution in [3.8, 4) is 11.6 Å². The van der Waals surface area contributed by atoms with Crippen molar-refractivity contribution in [3.63, 3.8) is 0 Å². The smallest absolute Gasteiger partial charge is 0.408 e. The number of hydrogen-bond donors (Lipinski definition) is 3. The molecule has 1 aromatic carbocycles. The topological polar surface area (TPSA) is 195 Å². The summed E-state index contributed by atoms with van der Waals surface area (Å²) in [5.74, 6) is -1.66. The van der Waals surface area contributed by atoms with Crippen LogP contribution in [0, 0.1) is 11.3 Å². The molecule has 3 saturated carbocycles. The Morgan fingerprint density at radius 2 is 1.85 bits per heavy atom. The molecule has 3 aliphatic carbocycles. The second-order valence-corrected chi connectivity index (χ2v) is 18.5. The summed E-state index contributed by atoms with van der Waals surface area (Å²) in [7, 11) is -2.34. The lowest BCUT2D eigenvalue weighted by atomic mass is 9.85. The van der Waals surface area contributed by atoms with Crippen LogP contribution in [0.2, 0.25) is 0 Å². The van der Waals surface area contributed by atoms with Crippen molar-refractivity contribution in [1.29, 1.82) is 0 Å². The van der Waals surface area contributed by atoms with E-state index in [0.29, 0.717) is 48.2 Å². The van der Waals surface area contributed by atoms with Gasteiger partial charge in [-0.3, -0.25) is 19.1 Å². The van der Waals surface area contributed by atoms with E-state index >= 15 is 0 Å². The van der Waals surface area contributed by atoms with E-state index in [4.69, 9.17) is 24.2 Å². The second kappa shape index (κ2) is 14.0. The molecule has 2 bridgehead atoms. The van der Waals surface area contributed by atoms with Gasteiger partial charge in [0.05, 0.1) is 29.9 Å². The number of sulfonamides is 1. The minimum Gasteiger partial charge on any atom is -0.497 e. The minimum atomic E-state index is -3.90. The minimum absolute atomic E-state index is 0.0239.